The van der Waals surface area contributed by atoms with Crippen molar-refractivity contribution < 1.29 is 19.4 Å². The first-order valence-electron chi connectivity index (χ1n) is 16.4. The lowest BCUT2D eigenvalue weighted by Gasteiger charge is -2.25. The van der Waals surface area contributed by atoms with E-state index in [4.69, 9.17) is 14.8 Å². The van der Waals surface area contributed by atoms with E-state index < -0.39 is 5.97 Å². The maximum absolute atomic E-state index is 13.5. The van der Waals surface area contributed by atoms with Crippen LogP contribution in [0.25, 0.3) is 10.9 Å². The SMILES string of the molecule is CCCCN(Cc1ccc(C(=O)c2ccccc2)cc1Cc1ccc(OCc2ccc(C(=O)O)cc2)cc1)c1nc2ccccc2c(=O)[nH]1. The Hall–Kier alpha value is -6.02. The second-order valence-electron chi connectivity index (χ2n) is 12.0. The number of ketones is 1. The number of hydrogen-bond acceptors (Lipinski definition) is 6. The van der Waals surface area contributed by atoms with Gasteiger partial charge in [0.15, 0.2) is 5.78 Å². The molecule has 0 saturated carbocycles. The van der Waals surface area contributed by atoms with Gasteiger partial charge in [-0.1, -0.05) is 92.2 Å². The lowest BCUT2D eigenvalue weighted by molar-refractivity contribution is 0.0696. The van der Waals surface area contributed by atoms with Gasteiger partial charge in [-0.05, 0) is 77.6 Å². The van der Waals surface area contributed by atoms with E-state index in [2.05, 4.69) is 16.8 Å². The molecule has 6 aromatic rings. The van der Waals surface area contributed by atoms with Crippen molar-refractivity contribution in [3.05, 3.63) is 171 Å². The summed E-state index contributed by atoms with van der Waals surface area (Å²) in [5, 5.41) is 9.69. The number of rotatable bonds is 14. The molecule has 8 nitrogen and oxygen atoms in total. The fourth-order valence-electron chi connectivity index (χ4n) is 5.71. The van der Waals surface area contributed by atoms with Crippen LogP contribution in [0, 0.1) is 0 Å². The number of unbranched alkanes of at least 4 members (excludes halogenated alkanes) is 1. The Morgan fingerprint density at radius 3 is 2.20 bits per heavy atom. The van der Waals surface area contributed by atoms with Crippen LogP contribution in [0.4, 0.5) is 5.95 Å². The van der Waals surface area contributed by atoms with Crippen LogP contribution < -0.4 is 15.2 Å². The minimum absolute atomic E-state index is 0.0445. The third kappa shape index (κ3) is 8.11. The molecule has 0 saturated heterocycles. The number of nitrogens with one attached hydrogen (secondary N) is 1. The molecule has 49 heavy (non-hydrogen) atoms. The van der Waals surface area contributed by atoms with Crippen molar-refractivity contribution in [3.8, 4) is 5.75 Å². The molecular weight excluding hydrogens is 614 g/mol. The van der Waals surface area contributed by atoms with E-state index in [0.29, 0.717) is 59.8 Å². The Labute approximate surface area is 284 Å². The van der Waals surface area contributed by atoms with Crippen molar-refractivity contribution in [1.29, 1.82) is 0 Å². The molecule has 0 bridgehead atoms. The maximum atomic E-state index is 13.5. The van der Waals surface area contributed by atoms with Gasteiger partial charge >= 0.3 is 5.97 Å². The molecule has 0 aliphatic rings. The van der Waals surface area contributed by atoms with Gasteiger partial charge in [0.05, 0.1) is 16.5 Å². The molecule has 1 aromatic heterocycles. The summed E-state index contributed by atoms with van der Waals surface area (Å²) in [4.78, 5) is 47.6. The molecule has 0 radical (unpaired) electrons. The summed E-state index contributed by atoms with van der Waals surface area (Å²) in [5.74, 6) is 0.204. The molecule has 0 aliphatic heterocycles. The topological polar surface area (TPSA) is 113 Å². The minimum atomic E-state index is -0.963. The number of carboxylic acid groups (broad SMARTS) is 1. The Balaban J connectivity index is 1.28. The molecule has 1 heterocycles. The number of aromatic carboxylic acids is 1. The van der Waals surface area contributed by atoms with E-state index in [0.717, 1.165) is 35.1 Å². The van der Waals surface area contributed by atoms with E-state index in [1.165, 1.54) is 0 Å². The molecule has 0 spiro atoms. The first kappa shape index (κ1) is 32.9. The van der Waals surface area contributed by atoms with Crippen LogP contribution in [0.5, 0.6) is 5.75 Å². The fourth-order valence-corrected chi connectivity index (χ4v) is 5.71. The molecule has 5 aromatic carbocycles. The van der Waals surface area contributed by atoms with E-state index in [9.17, 15) is 14.4 Å². The first-order chi connectivity index (χ1) is 23.9. The first-order valence-corrected chi connectivity index (χ1v) is 16.4. The molecule has 0 amide bonds. The summed E-state index contributed by atoms with van der Waals surface area (Å²) in [6.07, 6.45) is 2.47. The average Bonchev–Trinajstić information content (AvgIpc) is 3.13. The number of carbonyl (C=O) groups is 2. The molecule has 0 aliphatic carbocycles. The lowest BCUT2D eigenvalue weighted by Crippen LogP contribution is -2.28. The Kier molecular flexibility index (Phi) is 10.2. The van der Waals surface area contributed by atoms with Crippen molar-refractivity contribution in [3.63, 3.8) is 0 Å². The average molecular weight is 652 g/mol. The number of para-hydroxylation sites is 1. The molecule has 6 rings (SSSR count). The van der Waals surface area contributed by atoms with Crippen molar-refractivity contribution >= 4 is 28.6 Å². The highest BCUT2D eigenvalue weighted by molar-refractivity contribution is 6.09. The van der Waals surface area contributed by atoms with Crippen molar-refractivity contribution in [1.82, 2.24) is 9.97 Å². The van der Waals surface area contributed by atoms with Gasteiger partial charge in [0, 0.05) is 24.2 Å². The zero-order chi connectivity index (χ0) is 34.2. The van der Waals surface area contributed by atoms with E-state index in [1.807, 2.05) is 91.0 Å². The number of carboxylic acids is 1. The van der Waals surface area contributed by atoms with Crippen LogP contribution in [0.1, 0.15) is 68.3 Å². The quantitative estimate of drug-likeness (QED) is 0.115. The number of ether oxygens (including phenoxy) is 1. The number of benzene rings is 5. The van der Waals surface area contributed by atoms with Gasteiger partial charge in [-0.25, -0.2) is 9.78 Å². The van der Waals surface area contributed by atoms with Crippen LogP contribution in [0.2, 0.25) is 0 Å². The van der Waals surface area contributed by atoms with Gasteiger partial charge in [0.25, 0.3) is 5.56 Å². The summed E-state index contributed by atoms with van der Waals surface area (Å²) >= 11 is 0. The summed E-state index contributed by atoms with van der Waals surface area (Å²) in [5.41, 5.74) is 5.88. The summed E-state index contributed by atoms with van der Waals surface area (Å²) in [6, 6.07) is 36.9. The Bertz CT molecular complexity index is 2120. The lowest BCUT2D eigenvalue weighted by atomic mass is 9.94. The molecule has 2 N–H and O–H groups in total. The number of H-pyrrole nitrogens is 1. The third-order valence-corrected chi connectivity index (χ3v) is 8.47. The van der Waals surface area contributed by atoms with Crippen molar-refractivity contribution in [2.24, 2.45) is 0 Å². The van der Waals surface area contributed by atoms with Gasteiger partial charge < -0.3 is 14.7 Å². The summed E-state index contributed by atoms with van der Waals surface area (Å²) in [6.45, 7) is 3.64. The third-order valence-electron chi connectivity index (χ3n) is 8.47. The molecule has 0 unspecified atom stereocenters. The van der Waals surface area contributed by atoms with Gasteiger partial charge in [0.1, 0.15) is 12.4 Å². The normalized spacial score (nSPS) is 11.0. The Morgan fingerprint density at radius 2 is 1.47 bits per heavy atom. The smallest absolute Gasteiger partial charge is 0.335 e. The second kappa shape index (κ2) is 15.3. The highest BCUT2D eigenvalue weighted by Crippen LogP contribution is 2.24. The predicted molar refractivity (Wildman–Crippen MR) is 192 cm³/mol. The minimum Gasteiger partial charge on any atom is -0.489 e. The standard InChI is InChI=1S/C41H37N3O5/c1-2-3-23-44(41-42-37-12-8-7-11-36(37)39(46)43-41)26-33-20-19-32(38(45)30-9-5-4-6-10-30)25-34(33)24-28-15-21-35(22-16-28)49-27-29-13-17-31(18-14-29)40(47)48/h4-22,25H,2-3,23-24,26-27H2,1H3,(H,47,48)(H,42,43,46). The number of hydrogen-bond donors (Lipinski definition) is 2. The Morgan fingerprint density at radius 1 is 0.776 bits per heavy atom. The van der Waals surface area contributed by atoms with E-state index in [1.54, 1.807) is 30.3 Å². The number of nitrogens with zero attached hydrogens (tertiary/aromatic N) is 2. The highest BCUT2D eigenvalue weighted by atomic mass is 16.5. The van der Waals surface area contributed by atoms with Crippen LogP contribution in [0.3, 0.4) is 0 Å². The highest BCUT2D eigenvalue weighted by Gasteiger charge is 2.17. The molecule has 0 fully saturated rings. The van der Waals surface area contributed by atoms with E-state index in [-0.39, 0.29) is 16.9 Å². The summed E-state index contributed by atoms with van der Waals surface area (Å²) in [7, 11) is 0. The molecular formula is C41H37N3O5. The monoisotopic (exact) mass is 651 g/mol. The van der Waals surface area contributed by atoms with E-state index >= 15 is 0 Å². The number of carbonyl (C=O) groups excluding carboxylic acids is 1. The number of aromatic nitrogens is 2. The number of fused-ring (bicyclic) bond motifs is 1. The van der Waals surface area contributed by atoms with Gasteiger partial charge in [-0.15, -0.1) is 0 Å². The second-order valence-corrected chi connectivity index (χ2v) is 12.0. The van der Waals surface area contributed by atoms with Gasteiger partial charge in [-0.3, -0.25) is 14.6 Å². The summed E-state index contributed by atoms with van der Waals surface area (Å²) < 4.78 is 5.97. The molecule has 0 atom stereocenters. The van der Waals surface area contributed by atoms with Crippen LogP contribution in [-0.2, 0) is 19.6 Å². The van der Waals surface area contributed by atoms with Gasteiger partial charge in [-0.2, -0.15) is 0 Å². The molecule has 8 heteroatoms. The fraction of sp³-hybridized carbons (Fsp3) is 0.171. The van der Waals surface area contributed by atoms with Crippen LogP contribution >= 0.6 is 0 Å². The van der Waals surface area contributed by atoms with Gasteiger partial charge in [0.2, 0.25) is 5.95 Å². The number of anilines is 1. The maximum Gasteiger partial charge on any atom is 0.335 e. The molecule has 246 valence electrons. The van der Waals surface area contributed by atoms with Crippen molar-refractivity contribution in [2.45, 2.75) is 39.3 Å². The largest absolute Gasteiger partial charge is 0.489 e. The van der Waals surface area contributed by atoms with Crippen LogP contribution in [0.15, 0.2) is 126 Å². The number of aromatic amines is 1. The zero-order valence-electron chi connectivity index (χ0n) is 27.3. The van der Waals surface area contributed by atoms with Crippen molar-refractivity contribution in [2.75, 3.05) is 11.4 Å². The zero-order valence-corrected chi connectivity index (χ0v) is 27.3. The van der Waals surface area contributed by atoms with Crippen LogP contribution in [-0.4, -0.2) is 33.4 Å². The predicted octanol–water partition coefficient (Wildman–Crippen LogP) is 7.83.